The third kappa shape index (κ3) is 3.71. The van der Waals surface area contributed by atoms with Crippen LogP contribution in [0.25, 0.3) is 10.8 Å². The first-order valence-corrected chi connectivity index (χ1v) is 11.2. The highest BCUT2D eigenvalue weighted by atomic mass is 79.9. The number of allylic oxidation sites excluding steroid dienone is 1. The van der Waals surface area contributed by atoms with E-state index in [2.05, 4.69) is 27.0 Å². The van der Waals surface area contributed by atoms with Gasteiger partial charge in [-0.3, -0.25) is 0 Å². The van der Waals surface area contributed by atoms with E-state index < -0.39 is 0 Å². The van der Waals surface area contributed by atoms with E-state index in [1.54, 1.807) is 6.21 Å². The van der Waals surface area contributed by atoms with E-state index in [4.69, 9.17) is 16.3 Å². The quantitative estimate of drug-likeness (QED) is 0.272. The van der Waals surface area contributed by atoms with Gasteiger partial charge in [-0.1, -0.05) is 94.3 Å². The molecule has 154 valence electrons. The molecule has 1 heterocycles. The van der Waals surface area contributed by atoms with E-state index in [0.29, 0.717) is 22.2 Å². The first kappa shape index (κ1) is 20.5. The van der Waals surface area contributed by atoms with Crippen molar-refractivity contribution in [2.45, 2.75) is 5.92 Å². The van der Waals surface area contributed by atoms with Gasteiger partial charge in [-0.15, -0.1) is 0 Å². The molecule has 0 aliphatic carbocycles. The van der Waals surface area contributed by atoms with E-state index in [9.17, 15) is 5.26 Å². The lowest BCUT2D eigenvalue weighted by Crippen LogP contribution is -2.16. The third-order valence-electron chi connectivity index (χ3n) is 5.46. The van der Waals surface area contributed by atoms with Crippen LogP contribution >= 0.6 is 27.5 Å². The van der Waals surface area contributed by atoms with Crippen LogP contribution in [0.1, 0.15) is 22.6 Å². The molecule has 1 aliphatic heterocycles. The third-order valence-corrected chi connectivity index (χ3v) is 6.30. The molecule has 0 fully saturated rings. The predicted octanol–water partition coefficient (Wildman–Crippen LogP) is 7.63. The predicted molar refractivity (Wildman–Crippen MR) is 132 cm³/mol. The summed E-state index contributed by atoms with van der Waals surface area (Å²) in [6.07, 6.45) is 1.72. The number of rotatable bonds is 3. The Morgan fingerprint density at radius 1 is 0.938 bits per heavy atom. The van der Waals surface area contributed by atoms with Gasteiger partial charge in [-0.25, -0.2) is 4.99 Å². The fourth-order valence-electron chi connectivity index (χ4n) is 3.97. The first-order valence-electron chi connectivity index (χ1n) is 10.0. The minimum Gasteiger partial charge on any atom is -0.437 e. The van der Waals surface area contributed by atoms with Gasteiger partial charge in [0.2, 0.25) is 5.88 Å². The highest BCUT2D eigenvalue weighted by molar-refractivity contribution is 9.10. The Bertz CT molecular complexity index is 1420. The van der Waals surface area contributed by atoms with E-state index in [1.807, 2.05) is 84.9 Å². The highest BCUT2D eigenvalue weighted by Gasteiger charge is 2.33. The Hall–Kier alpha value is -3.39. The van der Waals surface area contributed by atoms with E-state index >= 15 is 0 Å². The SMILES string of the molecule is N#CC1=C(/N=C/c2ccccc2)Oc2c(cc(Cl)c3ccccc23)C1c1ccc(Br)cc1. The van der Waals surface area contributed by atoms with Crippen molar-refractivity contribution in [1.29, 1.82) is 5.26 Å². The molecule has 32 heavy (non-hydrogen) atoms. The monoisotopic (exact) mass is 498 g/mol. The minimum absolute atomic E-state index is 0.296. The van der Waals surface area contributed by atoms with Crippen molar-refractivity contribution in [3.8, 4) is 11.8 Å². The molecular formula is C27H16BrClN2O. The largest absolute Gasteiger partial charge is 0.437 e. The zero-order valence-corrected chi connectivity index (χ0v) is 19.1. The summed E-state index contributed by atoms with van der Waals surface area (Å²) in [5, 5.41) is 12.6. The summed E-state index contributed by atoms with van der Waals surface area (Å²) in [7, 11) is 0. The van der Waals surface area contributed by atoms with Gasteiger partial charge >= 0.3 is 0 Å². The van der Waals surface area contributed by atoms with Crippen molar-refractivity contribution in [1.82, 2.24) is 0 Å². The van der Waals surface area contributed by atoms with Gasteiger partial charge in [-0.05, 0) is 29.3 Å². The fourth-order valence-corrected chi connectivity index (χ4v) is 4.51. The molecule has 0 saturated carbocycles. The molecule has 0 spiro atoms. The summed E-state index contributed by atoms with van der Waals surface area (Å²) in [4.78, 5) is 4.59. The highest BCUT2D eigenvalue weighted by Crippen LogP contribution is 2.48. The lowest BCUT2D eigenvalue weighted by atomic mass is 9.82. The number of aliphatic imine (C=N–C) groups is 1. The molecular weight excluding hydrogens is 484 g/mol. The molecule has 1 atom stereocenters. The number of nitrogens with zero attached hydrogens (tertiary/aromatic N) is 2. The average molecular weight is 500 g/mol. The van der Waals surface area contributed by atoms with Gasteiger partial charge in [0.25, 0.3) is 0 Å². The molecule has 0 bridgehead atoms. The van der Waals surface area contributed by atoms with Crippen LogP contribution in [0.3, 0.4) is 0 Å². The number of fused-ring (bicyclic) bond motifs is 3. The van der Waals surface area contributed by atoms with Gasteiger partial charge in [0.15, 0.2) is 0 Å². The second-order valence-electron chi connectivity index (χ2n) is 7.41. The second kappa shape index (κ2) is 8.63. The number of hydrogen-bond donors (Lipinski definition) is 0. The Labute approximate surface area is 199 Å². The standard InChI is InChI=1S/C27H16BrClN2O/c28-19-12-10-18(11-13-19)25-22-14-24(29)20-8-4-5-9-21(20)26(22)32-27(23(25)15-30)31-16-17-6-2-1-3-7-17/h1-14,16,25H/b31-16+. The summed E-state index contributed by atoms with van der Waals surface area (Å²) in [6, 6.07) is 29.8. The van der Waals surface area contributed by atoms with Gasteiger partial charge in [-0.2, -0.15) is 5.26 Å². The number of hydrogen-bond acceptors (Lipinski definition) is 3. The zero-order chi connectivity index (χ0) is 22.1. The Balaban J connectivity index is 1.75. The molecule has 0 N–H and O–H groups in total. The summed E-state index contributed by atoms with van der Waals surface area (Å²) in [6.45, 7) is 0. The Morgan fingerprint density at radius 3 is 2.34 bits per heavy atom. The van der Waals surface area contributed by atoms with Crippen LogP contribution in [0.15, 0.2) is 106 Å². The van der Waals surface area contributed by atoms with Crippen molar-refractivity contribution >= 4 is 44.5 Å². The molecule has 0 aromatic heterocycles. The summed E-state index contributed by atoms with van der Waals surface area (Å²) < 4.78 is 7.26. The topological polar surface area (TPSA) is 45.4 Å². The van der Waals surface area contributed by atoms with Gasteiger partial charge in [0.1, 0.15) is 17.4 Å². The van der Waals surface area contributed by atoms with Crippen molar-refractivity contribution in [2.24, 2.45) is 4.99 Å². The molecule has 1 aliphatic rings. The molecule has 1 unspecified atom stereocenters. The number of benzene rings is 4. The molecule has 0 amide bonds. The molecule has 0 saturated heterocycles. The average Bonchev–Trinajstić information content (AvgIpc) is 2.83. The molecule has 4 aromatic rings. The molecule has 4 aromatic carbocycles. The van der Waals surface area contributed by atoms with Crippen LogP contribution in [0, 0.1) is 11.3 Å². The van der Waals surface area contributed by atoms with Crippen LogP contribution in [0.2, 0.25) is 5.02 Å². The summed E-state index contributed by atoms with van der Waals surface area (Å²) in [5.74, 6) is 0.628. The van der Waals surface area contributed by atoms with Crippen molar-refractivity contribution < 1.29 is 4.74 Å². The Morgan fingerprint density at radius 2 is 1.62 bits per heavy atom. The van der Waals surface area contributed by atoms with Crippen LogP contribution in [-0.2, 0) is 0 Å². The first-order chi connectivity index (χ1) is 15.7. The van der Waals surface area contributed by atoms with E-state index in [0.717, 1.165) is 31.9 Å². The van der Waals surface area contributed by atoms with Crippen molar-refractivity contribution in [2.75, 3.05) is 0 Å². The van der Waals surface area contributed by atoms with Crippen LogP contribution in [0.4, 0.5) is 0 Å². The maximum absolute atomic E-state index is 10.1. The number of halogens is 2. The second-order valence-corrected chi connectivity index (χ2v) is 8.73. The van der Waals surface area contributed by atoms with Gasteiger partial charge < -0.3 is 4.74 Å². The molecule has 3 nitrogen and oxygen atoms in total. The van der Waals surface area contributed by atoms with E-state index in [1.165, 1.54) is 0 Å². The maximum atomic E-state index is 10.1. The van der Waals surface area contributed by atoms with Crippen LogP contribution in [0.5, 0.6) is 5.75 Å². The molecule has 5 heteroatoms. The lowest BCUT2D eigenvalue weighted by molar-refractivity contribution is 0.400. The number of ether oxygens (including phenoxy) is 1. The summed E-state index contributed by atoms with van der Waals surface area (Å²) >= 11 is 10.1. The Kier molecular flexibility index (Phi) is 5.53. The van der Waals surface area contributed by atoms with Crippen molar-refractivity contribution in [3.05, 3.63) is 123 Å². The number of nitriles is 1. The molecule has 5 rings (SSSR count). The fraction of sp³-hybridized carbons (Fsp3) is 0.0370. The normalized spacial score (nSPS) is 15.5. The lowest BCUT2D eigenvalue weighted by Gasteiger charge is -2.28. The smallest absolute Gasteiger partial charge is 0.234 e. The zero-order valence-electron chi connectivity index (χ0n) is 16.8. The minimum atomic E-state index is -0.345. The van der Waals surface area contributed by atoms with Gasteiger partial charge in [0.05, 0.1) is 5.92 Å². The van der Waals surface area contributed by atoms with Crippen LogP contribution in [-0.4, -0.2) is 6.21 Å². The van der Waals surface area contributed by atoms with Crippen LogP contribution < -0.4 is 4.74 Å². The van der Waals surface area contributed by atoms with Crippen molar-refractivity contribution in [3.63, 3.8) is 0 Å². The maximum Gasteiger partial charge on any atom is 0.234 e. The summed E-state index contributed by atoms with van der Waals surface area (Å²) in [5.41, 5.74) is 3.19. The van der Waals surface area contributed by atoms with E-state index in [-0.39, 0.29) is 5.92 Å². The molecule has 0 radical (unpaired) electrons. The van der Waals surface area contributed by atoms with Gasteiger partial charge in [0, 0.05) is 32.0 Å².